The molecule has 0 heterocycles. The number of hydrogen-bond donors (Lipinski definition) is 0. The molecule has 0 bridgehead atoms. The molecule has 0 amide bonds. The van der Waals surface area contributed by atoms with Crippen molar-refractivity contribution >= 4 is 33.1 Å². The second-order valence-electron chi connectivity index (χ2n) is 4.83. The standard InChI is InChI=1S/C12H13BrF3NOS/c1-11(2,3)19(18)17-7-8-4-5-9(13)6-10(8)12(14,15)16/h4-7H,1-3H3/b17-7+/t19-/m1/s1. The van der Waals surface area contributed by atoms with Gasteiger partial charge in [-0.3, -0.25) is 0 Å². The highest BCUT2D eigenvalue weighted by Gasteiger charge is 2.33. The number of hydrogen-bond acceptors (Lipinski definition) is 1. The summed E-state index contributed by atoms with van der Waals surface area (Å²) in [6, 6.07) is 3.74. The van der Waals surface area contributed by atoms with Gasteiger partial charge in [0.05, 0.1) is 10.3 Å². The van der Waals surface area contributed by atoms with E-state index in [9.17, 15) is 17.4 Å². The van der Waals surface area contributed by atoms with Gasteiger partial charge >= 0.3 is 6.18 Å². The van der Waals surface area contributed by atoms with Gasteiger partial charge in [0.2, 0.25) is 0 Å². The van der Waals surface area contributed by atoms with E-state index >= 15 is 0 Å². The summed E-state index contributed by atoms with van der Waals surface area (Å²) in [5.74, 6) is 0. The predicted molar refractivity (Wildman–Crippen MR) is 74.6 cm³/mol. The molecular weight excluding hydrogens is 343 g/mol. The molecule has 0 saturated carbocycles. The molecule has 1 rings (SSSR count). The minimum absolute atomic E-state index is 0.103. The SMILES string of the molecule is CC(C)(C)[S@@](=O)/N=C/c1ccc(Br)cc1C(F)(F)F. The van der Waals surface area contributed by atoms with Gasteiger partial charge in [0.1, 0.15) is 11.0 Å². The molecule has 1 aromatic rings. The van der Waals surface area contributed by atoms with E-state index in [2.05, 4.69) is 20.3 Å². The van der Waals surface area contributed by atoms with Crippen molar-refractivity contribution in [2.75, 3.05) is 0 Å². The summed E-state index contributed by atoms with van der Waals surface area (Å²) in [6.45, 7) is 5.10. The lowest BCUT2D eigenvalue weighted by molar-refractivity contribution is -0.137. The highest BCUT2D eigenvalue weighted by atomic mass is 79.9. The van der Waals surface area contributed by atoms with Gasteiger partial charge in [0.15, 0.2) is 0 Å². The monoisotopic (exact) mass is 355 g/mol. The second kappa shape index (κ2) is 5.75. The Bertz CT molecular complexity index is 521. The van der Waals surface area contributed by atoms with Crippen LogP contribution in [0.25, 0.3) is 0 Å². The van der Waals surface area contributed by atoms with Gasteiger partial charge in [0, 0.05) is 16.3 Å². The van der Waals surface area contributed by atoms with Crippen molar-refractivity contribution in [3.8, 4) is 0 Å². The Balaban J connectivity index is 3.16. The molecule has 0 N–H and O–H groups in total. The molecule has 1 aromatic carbocycles. The van der Waals surface area contributed by atoms with Crippen molar-refractivity contribution in [3.05, 3.63) is 33.8 Å². The Labute approximate surface area is 120 Å². The highest BCUT2D eigenvalue weighted by Crippen LogP contribution is 2.33. The van der Waals surface area contributed by atoms with Gasteiger partial charge in [-0.05, 0) is 32.9 Å². The molecular formula is C12H13BrF3NOS. The van der Waals surface area contributed by atoms with E-state index < -0.39 is 27.5 Å². The lowest BCUT2D eigenvalue weighted by atomic mass is 10.1. The summed E-state index contributed by atoms with van der Waals surface area (Å²) < 4.78 is 53.6. The zero-order valence-electron chi connectivity index (χ0n) is 10.6. The van der Waals surface area contributed by atoms with E-state index in [1.54, 1.807) is 20.8 Å². The predicted octanol–water partition coefficient (Wildman–Crippen LogP) is 4.35. The Hall–Kier alpha value is -0.690. The average Bonchev–Trinajstić information content (AvgIpc) is 2.24. The molecule has 7 heteroatoms. The number of alkyl halides is 3. The van der Waals surface area contributed by atoms with Crippen LogP contribution in [0, 0.1) is 0 Å². The van der Waals surface area contributed by atoms with Crippen molar-refractivity contribution in [1.82, 2.24) is 0 Å². The van der Waals surface area contributed by atoms with E-state index in [4.69, 9.17) is 0 Å². The minimum Gasteiger partial charge on any atom is -0.234 e. The molecule has 0 aliphatic rings. The Morgan fingerprint density at radius 3 is 2.32 bits per heavy atom. The maximum Gasteiger partial charge on any atom is 0.417 e. The molecule has 0 spiro atoms. The molecule has 2 nitrogen and oxygen atoms in total. The van der Waals surface area contributed by atoms with Crippen LogP contribution >= 0.6 is 15.9 Å². The van der Waals surface area contributed by atoms with Crippen LogP contribution in [0.15, 0.2) is 27.1 Å². The van der Waals surface area contributed by atoms with Crippen LogP contribution in [0.5, 0.6) is 0 Å². The molecule has 0 saturated heterocycles. The summed E-state index contributed by atoms with van der Waals surface area (Å²) in [6.07, 6.45) is -3.47. The first-order chi connectivity index (χ1) is 8.51. The van der Waals surface area contributed by atoms with Crippen LogP contribution in [0.3, 0.4) is 0 Å². The van der Waals surface area contributed by atoms with Crippen molar-refractivity contribution in [2.45, 2.75) is 31.7 Å². The quantitative estimate of drug-likeness (QED) is 0.725. The maximum absolute atomic E-state index is 12.8. The maximum atomic E-state index is 12.8. The highest BCUT2D eigenvalue weighted by molar-refractivity contribution is 9.10. The van der Waals surface area contributed by atoms with E-state index in [0.717, 1.165) is 12.3 Å². The van der Waals surface area contributed by atoms with Gasteiger partial charge in [0.25, 0.3) is 0 Å². The fraction of sp³-hybridized carbons (Fsp3) is 0.417. The fourth-order valence-corrected chi connectivity index (χ4v) is 2.04. The first-order valence-electron chi connectivity index (χ1n) is 5.34. The van der Waals surface area contributed by atoms with Gasteiger partial charge in [-0.1, -0.05) is 22.0 Å². The third-order valence-electron chi connectivity index (χ3n) is 2.13. The number of halogens is 4. The zero-order chi connectivity index (χ0) is 14.8. The first kappa shape index (κ1) is 16.4. The minimum atomic E-state index is -4.48. The Morgan fingerprint density at radius 2 is 1.84 bits per heavy atom. The van der Waals surface area contributed by atoms with Gasteiger partial charge in [-0.25, -0.2) is 4.21 Å². The largest absolute Gasteiger partial charge is 0.417 e. The van der Waals surface area contributed by atoms with E-state index in [0.29, 0.717) is 4.47 Å². The summed E-state index contributed by atoms with van der Waals surface area (Å²) in [5, 5.41) is 0. The third-order valence-corrected chi connectivity index (χ3v) is 3.97. The Morgan fingerprint density at radius 1 is 1.26 bits per heavy atom. The van der Waals surface area contributed by atoms with Crippen LogP contribution in [0.4, 0.5) is 13.2 Å². The smallest absolute Gasteiger partial charge is 0.234 e. The van der Waals surface area contributed by atoms with Crippen LogP contribution in [0.2, 0.25) is 0 Å². The number of benzene rings is 1. The third kappa shape index (κ3) is 4.72. The molecule has 19 heavy (non-hydrogen) atoms. The van der Waals surface area contributed by atoms with Gasteiger partial charge in [-0.15, -0.1) is 0 Å². The van der Waals surface area contributed by atoms with E-state index in [-0.39, 0.29) is 5.56 Å². The van der Waals surface area contributed by atoms with Crippen molar-refractivity contribution < 1.29 is 17.4 Å². The lowest BCUT2D eigenvalue weighted by Gasteiger charge is -2.13. The molecule has 0 aliphatic heterocycles. The van der Waals surface area contributed by atoms with Crippen molar-refractivity contribution in [1.29, 1.82) is 0 Å². The molecule has 0 aromatic heterocycles. The van der Waals surface area contributed by atoms with Crippen molar-refractivity contribution in [2.24, 2.45) is 4.40 Å². The average molecular weight is 356 g/mol. The normalized spacial score (nSPS) is 14.9. The van der Waals surface area contributed by atoms with Crippen LogP contribution < -0.4 is 0 Å². The van der Waals surface area contributed by atoms with Crippen LogP contribution in [-0.4, -0.2) is 15.2 Å². The molecule has 0 unspecified atom stereocenters. The van der Waals surface area contributed by atoms with Crippen molar-refractivity contribution in [3.63, 3.8) is 0 Å². The van der Waals surface area contributed by atoms with Gasteiger partial charge in [-0.2, -0.15) is 17.6 Å². The zero-order valence-corrected chi connectivity index (χ0v) is 13.0. The van der Waals surface area contributed by atoms with Crippen LogP contribution in [-0.2, 0) is 17.2 Å². The van der Waals surface area contributed by atoms with E-state index in [1.807, 2.05) is 0 Å². The summed E-state index contributed by atoms with van der Waals surface area (Å²) >= 11 is 3.00. The fourth-order valence-electron chi connectivity index (χ4n) is 1.15. The topological polar surface area (TPSA) is 29.4 Å². The summed E-state index contributed by atoms with van der Waals surface area (Å²) in [4.78, 5) is 0. The lowest BCUT2D eigenvalue weighted by Crippen LogP contribution is -2.20. The Kier molecular flexibility index (Phi) is 4.95. The summed E-state index contributed by atoms with van der Waals surface area (Å²) in [7, 11) is -1.59. The second-order valence-corrected chi connectivity index (χ2v) is 7.67. The molecule has 106 valence electrons. The molecule has 0 radical (unpaired) electrons. The molecule has 0 aliphatic carbocycles. The first-order valence-corrected chi connectivity index (χ1v) is 7.24. The number of nitrogens with zero attached hydrogens (tertiary/aromatic N) is 1. The van der Waals surface area contributed by atoms with Crippen LogP contribution in [0.1, 0.15) is 31.9 Å². The van der Waals surface area contributed by atoms with Gasteiger partial charge < -0.3 is 0 Å². The number of rotatable bonds is 2. The molecule has 1 atom stereocenters. The summed E-state index contributed by atoms with van der Waals surface area (Å²) in [5.41, 5.74) is -0.912. The van der Waals surface area contributed by atoms with E-state index in [1.165, 1.54) is 12.1 Å². The molecule has 0 fully saturated rings.